The van der Waals surface area contributed by atoms with Gasteiger partial charge in [-0.3, -0.25) is 4.79 Å². The Bertz CT molecular complexity index is 1160. The Morgan fingerprint density at radius 3 is 2.24 bits per heavy atom. The molecule has 1 heterocycles. The Labute approximate surface area is 202 Å². The van der Waals surface area contributed by atoms with Crippen LogP contribution < -0.4 is 10.6 Å². The van der Waals surface area contributed by atoms with E-state index in [1.54, 1.807) is 4.68 Å². The third kappa shape index (κ3) is 6.04. The van der Waals surface area contributed by atoms with E-state index in [0.29, 0.717) is 11.5 Å². The van der Waals surface area contributed by atoms with Crippen molar-refractivity contribution in [2.75, 3.05) is 17.2 Å². The summed E-state index contributed by atoms with van der Waals surface area (Å²) in [6, 6.07) is 16.8. The highest BCUT2D eigenvalue weighted by atomic mass is 16.2. The van der Waals surface area contributed by atoms with Gasteiger partial charge in [0.25, 0.3) is 0 Å². The van der Waals surface area contributed by atoms with Crippen LogP contribution >= 0.6 is 0 Å². The largest absolute Gasteiger partial charge is 0.322 e. The van der Waals surface area contributed by atoms with Crippen molar-refractivity contribution in [3.05, 3.63) is 71.4 Å². The standard InChI is InChI=1S/C27H35N5O2/c1-18(2)31(26(34)28-21-14-13-19(3)20(4)15-21)17-25(33)29-24-16-23(27(5,6)7)30-32(24)22-11-9-8-10-12-22/h8-16,18H,17H2,1-7H3,(H,28,34)(H,29,33). The first-order chi connectivity index (χ1) is 16.0. The fraction of sp³-hybridized carbons (Fsp3) is 0.370. The minimum Gasteiger partial charge on any atom is -0.313 e. The van der Waals surface area contributed by atoms with Crippen LogP contribution in [0.1, 0.15) is 51.4 Å². The maximum absolute atomic E-state index is 13.1. The van der Waals surface area contributed by atoms with Gasteiger partial charge in [-0.2, -0.15) is 5.10 Å². The minimum absolute atomic E-state index is 0.0842. The van der Waals surface area contributed by atoms with E-state index in [2.05, 4.69) is 31.4 Å². The number of nitrogens with zero attached hydrogens (tertiary/aromatic N) is 3. The van der Waals surface area contributed by atoms with E-state index in [-0.39, 0.29) is 29.9 Å². The molecule has 7 nitrogen and oxygen atoms in total. The molecule has 0 atom stereocenters. The van der Waals surface area contributed by atoms with E-state index in [1.807, 2.05) is 82.3 Å². The van der Waals surface area contributed by atoms with Gasteiger partial charge in [-0.05, 0) is 63.1 Å². The number of nitrogens with one attached hydrogen (secondary N) is 2. The quantitative estimate of drug-likeness (QED) is 0.497. The summed E-state index contributed by atoms with van der Waals surface area (Å²) < 4.78 is 1.73. The zero-order valence-electron chi connectivity index (χ0n) is 21.1. The molecule has 180 valence electrons. The number of carbonyl (C=O) groups is 2. The second kappa shape index (κ2) is 10.1. The Morgan fingerprint density at radius 1 is 0.971 bits per heavy atom. The van der Waals surface area contributed by atoms with E-state index in [4.69, 9.17) is 5.10 Å². The molecule has 0 fully saturated rings. The number of rotatable bonds is 6. The van der Waals surface area contributed by atoms with Crippen LogP contribution in [0.15, 0.2) is 54.6 Å². The van der Waals surface area contributed by atoms with Crippen LogP contribution in [0.3, 0.4) is 0 Å². The van der Waals surface area contributed by atoms with E-state index in [9.17, 15) is 9.59 Å². The molecule has 0 saturated heterocycles. The first-order valence-electron chi connectivity index (χ1n) is 11.6. The van der Waals surface area contributed by atoms with Crippen LogP contribution in [-0.4, -0.2) is 39.2 Å². The number of carbonyl (C=O) groups excluding carboxylic acids is 2. The summed E-state index contributed by atoms with van der Waals surface area (Å²) in [5.74, 6) is 0.279. The van der Waals surface area contributed by atoms with Crippen LogP contribution in [0.5, 0.6) is 0 Å². The van der Waals surface area contributed by atoms with Gasteiger partial charge in [-0.15, -0.1) is 0 Å². The molecule has 2 aromatic carbocycles. The Hall–Kier alpha value is -3.61. The van der Waals surface area contributed by atoms with Gasteiger partial charge in [0.1, 0.15) is 12.4 Å². The molecule has 7 heteroatoms. The number of para-hydroxylation sites is 1. The third-order valence-corrected chi connectivity index (χ3v) is 5.70. The van der Waals surface area contributed by atoms with Crippen molar-refractivity contribution < 1.29 is 9.59 Å². The molecule has 34 heavy (non-hydrogen) atoms. The normalized spacial score (nSPS) is 11.4. The van der Waals surface area contributed by atoms with Crippen molar-refractivity contribution >= 4 is 23.4 Å². The molecular formula is C27H35N5O2. The second-order valence-corrected chi connectivity index (χ2v) is 9.91. The topological polar surface area (TPSA) is 79.3 Å². The summed E-state index contributed by atoms with van der Waals surface area (Å²) in [6.45, 7) is 13.9. The second-order valence-electron chi connectivity index (χ2n) is 9.91. The maximum Gasteiger partial charge on any atom is 0.322 e. The van der Waals surface area contributed by atoms with Gasteiger partial charge < -0.3 is 15.5 Å². The fourth-order valence-corrected chi connectivity index (χ4v) is 3.44. The van der Waals surface area contributed by atoms with E-state index in [0.717, 1.165) is 22.5 Å². The summed E-state index contributed by atoms with van der Waals surface area (Å²) >= 11 is 0. The zero-order valence-corrected chi connectivity index (χ0v) is 21.1. The number of hydrogen-bond acceptors (Lipinski definition) is 3. The predicted molar refractivity (Wildman–Crippen MR) is 138 cm³/mol. The third-order valence-electron chi connectivity index (χ3n) is 5.70. The fourth-order valence-electron chi connectivity index (χ4n) is 3.44. The lowest BCUT2D eigenvalue weighted by Gasteiger charge is -2.26. The highest BCUT2D eigenvalue weighted by molar-refractivity contribution is 5.97. The van der Waals surface area contributed by atoms with Crippen LogP contribution in [0.4, 0.5) is 16.3 Å². The average molecular weight is 462 g/mol. The zero-order chi connectivity index (χ0) is 25.0. The molecule has 3 aromatic rings. The van der Waals surface area contributed by atoms with Gasteiger partial charge in [0.2, 0.25) is 5.91 Å². The van der Waals surface area contributed by atoms with E-state index >= 15 is 0 Å². The minimum atomic E-state index is -0.319. The van der Waals surface area contributed by atoms with Gasteiger partial charge in [0.05, 0.1) is 11.4 Å². The van der Waals surface area contributed by atoms with Gasteiger partial charge in [0.15, 0.2) is 0 Å². The van der Waals surface area contributed by atoms with Crippen molar-refractivity contribution in [3.63, 3.8) is 0 Å². The summed E-state index contributed by atoms with van der Waals surface area (Å²) in [7, 11) is 0. The van der Waals surface area contributed by atoms with Crippen LogP contribution in [-0.2, 0) is 10.2 Å². The Balaban J connectivity index is 1.79. The number of aromatic nitrogens is 2. The number of anilines is 2. The summed E-state index contributed by atoms with van der Waals surface area (Å²) in [5, 5.41) is 10.6. The Morgan fingerprint density at radius 2 is 1.65 bits per heavy atom. The van der Waals surface area contributed by atoms with Crippen molar-refractivity contribution in [3.8, 4) is 5.69 Å². The van der Waals surface area contributed by atoms with Gasteiger partial charge in [-0.25, -0.2) is 9.48 Å². The molecule has 0 aliphatic carbocycles. The summed E-state index contributed by atoms with van der Waals surface area (Å²) in [5.41, 5.74) is 4.48. The Kier molecular flexibility index (Phi) is 7.44. The number of benzene rings is 2. The summed E-state index contributed by atoms with van der Waals surface area (Å²) in [4.78, 5) is 27.5. The van der Waals surface area contributed by atoms with E-state index < -0.39 is 0 Å². The molecule has 0 aliphatic heterocycles. The molecule has 0 bridgehead atoms. The smallest absolute Gasteiger partial charge is 0.313 e. The van der Waals surface area contributed by atoms with Crippen molar-refractivity contribution in [2.45, 2.75) is 59.9 Å². The van der Waals surface area contributed by atoms with Gasteiger partial charge in [-0.1, -0.05) is 45.0 Å². The van der Waals surface area contributed by atoms with Gasteiger partial charge in [0, 0.05) is 23.2 Å². The lowest BCUT2D eigenvalue weighted by Crippen LogP contribution is -2.44. The summed E-state index contributed by atoms with van der Waals surface area (Å²) in [6.07, 6.45) is 0. The molecule has 1 aromatic heterocycles. The van der Waals surface area contributed by atoms with Crippen molar-refractivity contribution in [1.82, 2.24) is 14.7 Å². The lowest BCUT2D eigenvalue weighted by molar-refractivity contribution is -0.117. The van der Waals surface area contributed by atoms with Crippen molar-refractivity contribution in [1.29, 1.82) is 0 Å². The van der Waals surface area contributed by atoms with Gasteiger partial charge >= 0.3 is 6.03 Å². The van der Waals surface area contributed by atoms with Crippen molar-refractivity contribution in [2.24, 2.45) is 0 Å². The highest BCUT2D eigenvalue weighted by Gasteiger charge is 2.24. The molecule has 2 N–H and O–H groups in total. The SMILES string of the molecule is Cc1ccc(NC(=O)N(CC(=O)Nc2cc(C(C)(C)C)nn2-c2ccccc2)C(C)C)cc1C. The van der Waals surface area contributed by atoms with Crippen LogP contribution in [0.25, 0.3) is 5.69 Å². The number of aryl methyl sites for hydroxylation is 2. The number of hydrogen-bond donors (Lipinski definition) is 2. The molecular weight excluding hydrogens is 426 g/mol. The maximum atomic E-state index is 13.1. The predicted octanol–water partition coefficient (Wildman–Crippen LogP) is 5.67. The van der Waals surface area contributed by atoms with Crippen LogP contribution in [0.2, 0.25) is 0 Å². The first kappa shape index (κ1) is 25.0. The molecule has 0 saturated carbocycles. The number of amides is 3. The van der Waals surface area contributed by atoms with E-state index in [1.165, 1.54) is 4.90 Å². The lowest BCUT2D eigenvalue weighted by atomic mass is 9.92. The monoisotopic (exact) mass is 461 g/mol. The molecule has 0 radical (unpaired) electrons. The molecule has 3 rings (SSSR count). The molecule has 0 unspecified atom stereocenters. The van der Waals surface area contributed by atoms with Crippen LogP contribution in [0, 0.1) is 13.8 Å². The number of urea groups is 1. The highest BCUT2D eigenvalue weighted by Crippen LogP contribution is 2.26. The average Bonchev–Trinajstić information content (AvgIpc) is 3.19. The molecule has 3 amide bonds. The molecule has 0 spiro atoms. The molecule has 0 aliphatic rings. The first-order valence-corrected chi connectivity index (χ1v) is 11.6.